The Kier molecular flexibility index (Phi) is 2.48. The average Bonchev–Trinajstić information content (AvgIpc) is 2.27. The van der Waals surface area contributed by atoms with Crippen LogP contribution in [0.5, 0.6) is 5.75 Å². The van der Waals surface area contributed by atoms with Crippen LogP contribution in [0.4, 0.5) is 0 Å². The number of primary amides is 1. The Bertz CT molecular complexity index is 564. The van der Waals surface area contributed by atoms with Gasteiger partial charge in [-0.1, -0.05) is 0 Å². The SMILES string of the molecule is COc1cc2nccc(C)c2cc1C(N)=O. The maximum Gasteiger partial charge on any atom is 0.252 e. The number of hydrogen-bond donors (Lipinski definition) is 1. The van der Waals surface area contributed by atoms with E-state index < -0.39 is 5.91 Å². The van der Waals surface area contributed by atoms with Gasteiger partial charge in [0, 0.05) is 17.6 Å². The summed E-state index contributed by atoms with van der Waals surface area (Å²) in [5.74, 6) is -0.0416. The molecule has 1 amide bonds. The van der Waals surface area contributed by atoms with Crippen LogP contribution in [0.2, 0.25) is 0 Å². The van der Waals surface area contributed by atoms with Crippen molar-refractivity contribution in [3.63, 3.8) is 0 Å². The van der Waals surface area contributed by atoms with E-state index >= 15 is 0 Å². The summed E-state index contributed by atoms with van der Waals surface area (Å²) in [5, 5.41) is 0.914. The Hall–Kier alpha value is -2.10. The highest BCUT2D eigenvalue weighted by molar-refractivity contribution is 6.00. The van der Waals surface area contributed by atoms with Crippen LogP contribution >= 0.6 is 0 Å². The van der Waals surface area contributed by atoms with E-state index in [0.29, 0.717) is 11.3 Å². The maximum atomic E-state index is 11.3. The minimum atomic E-state index is -0.498. The molecule has 0 aliphatic carbocycles. The molecule has 1 aromatic carbocycles. The first kappa shape index (κ1) is 10.4. The Balaban J connectivity index is 2.81. The molecule has 0 aliphatic rings. The Morgan fingerprint density at radius 2 is 2.19 bits per heavy atom. The number of carbonyl (C=O) groups excluding carboxylic acids is 1. The first-order valence-corrected chi connectivity index (χ1v) is 4.86. The van der Waals surface area contributed by atoms with Gasteiger partial charge in [-0.25, -0.2) is 0 Å². The highest BCUT2D eigenvalue weighted by Gasteiger charge is 2.11. The van der Waals surface area contributed by atoms with E-state index in [4.69, 9.17) is 10.5 Å². The fourth-order valence-corrected chi connectivity index (χ4v) is 1.67. The van der Waals surface area contributed by atoms with Crippen molar-refractivity contribution >= 4 is 16.8 Å². The molecule has 1 aromatic heterocycles. The van der Waals surface area contributed by atoms with Crippen molar-refractivity contribution in [2.24, 2.45) is 5.73 Å². The molecule has 0 atom stereocenters. The van der Waals surface area contributed by atoms with E-state index in [-0.39, 0.29) is 0 Å². The lowest BCUT2D eigenvalue weighted by molar-refractivity contribution is 0.0997. The molecule has 4 nitrogen and oxygen atoms in total. The zero-order chi connectivity index (χ0) is 11.7. The molecule has 1 heterocycles. The minimum Gasteiger partial charge on any atom is -0.496 e. The van der Waals surface area contributed by atoms with Crippen LogP contribution in [-0.4, -0.2) is 18.0 Å². The van der Waals surface area contributed by atoms with Gasteiger partial charge in [0.05, 0.1) is 18.2 Å². The van der Waals surface area contributed by atoms with Crippen LogP contribution in [0.1, 0.15) is 15.9 Å². The van der Waals surface area contributed by atoms with Gasteiger partial charge in [-0.2, -0.15) is 0 Å². The molecule has 0 unspecified atom stereocenters. The highest BCUT2D eigenvalue weighted by Crippen LogP contribution is 2.26. The van der Waals surface area contributed by atoms with E-state index in [1.54, 1.807) is 18.3 Å². The number of ether oxygens (including phenoxy) is 1. The molecule has 0 radical (unpaired) electrons. The normalized spacial score (nSPS) is 10.4. The second-order valence-corrected chi connectivity index (χ2v) is 3.56. The van der Waals surface area contributed by atoms with Crippen LogP contribution < -0.4 is 10.5 Å². The summed E-state index contributed by atoms with van der Waals surface area (Å²) in [6.07, 6.45) is 1.72. The van der Waals surface area contributed by atoms with Crippen molar-refractivity contribution in [3.8, 4) is 5.75 Å². The summed E-state index contributed by atoms with van der Waals surface area (Å²) in [7, 11) is 1.50. The van der Waals surface area contributed by atoms with Crippen LogP contribution in [0.3, 0.4) is 0 Å². The van der Waals surface area contributed by atoms with Gasteiger partial charge in [-0.05, 0) is 24.6 Å². The van der Waals surface area contributed by atoms with Gasteiger partial charge in [-0.15, -0.1) is 0 Å². The number of carbonyl (C=O) groups is 1. The number of fused-ring (bicyclic) bond motifs is 1. The molecular weight excluding hydrogens is 204 g/mol. The van der Waals surface area contributed by atoms with Crippen LogP contribution in [0.15, 0.2) is 24.4 Å². The van der Waals surface area contributed by atoms with Gasteiger partial charge in [0.25, 0.3) is 5.91 Å². The first-order valence-electron chi connectivity index (χ1n) is 4.86. The van der Waals surface area contributed by atoms with Gasteiger partial charge in [0.1, 0.15) is 5.75 Å². The van der Waals surface area contributed by atoms with E-state index in [2.05, 4.69) is 4.98 Å². The standard InChI is InChI=1S/C12H12N2O2/c1-7-3-4-14-10-6-11(16-2)9(12(13)15)5-8(7)10/h3-6H,1-2H3,(H2,13,15). The molecule has 0 bridgehead atoms. The zero-order valence-electron chi connectivity index (χ0n) is 9.15. The summed E-state index contributed by atoms with van der Waals surface area (Å²) in [5.41, 5.74) is 7.52. The predicted octanol–water partition coefficient (Wildman–Crippen LogP) is 1.65. The molecule has 2 aromatic rings. The van der Waals surface area contributed by atoms with Crippen molar-refractivity contribution in [2.75, 3.05) is 7.11 Å². The van der Waals surface area contributed by atoms with Gasteiger partial charge < -0.3 is 10.5 Å². The number of nitrogens with two attached hydrogens (primary N) is 1. The van der Waals surface area contributed by atoms with Gasteiger partial charge in [0.2, 0.25) is 0 Å². The van der Waals surface area contributed by atoms with Crippen molar-refractivity contribution < 1.29 is 9.53 Å². The molecule has 0 saturated heterocycles. The molecular formula is C12H12N2O2. The number of rotatable bonds is 2. The second kappa shape index (κ2) is 3.81. The third kappa shape index (κ3) is 1.58. The van der Waals surface area contributed by atoms with Crippen LogP contribution in [-0.2, 0) is 0 Å². The zero-order valence-corrected chi connectivity index (χ0v) is 9.15. The summed E-state index contributed by atoms with van der Waals surface area (Å²) >= 11 is 0. The third-order valence-corrected chi connectivity index (χ3v) is 2.55. The predicted molar refractivity (Wildman–Crippen MR) is 61.5 cm³/mol. The fourth-order valence-electron chi connectivity index (χ4n) is 1.67. The van der Waals surface area contributed by atoms with Crippen LogP contribution in [0, 0.1) is 6.92 Å². The van der Waals surface area contributed by atoms with Crippen molar-refractivity contribution in [1.29, 1.82) is 0 Å². The van der Waals surface area contributed by atoms with Crippen molar-refractivity contribution in [1.82, 2.24) is 4.98 Å². The number of aromatic nitrogens is 1. The van der Waals surface area contributed by atoms with Crippen molar-refractivity contribution in [2.45, 2.75) is 6.92 Å². The van der Waals surface area contributed by atoms with E-state index in [9.17, 15) is 4.79 Å². The van der Waals surface area contributed by atoms with Gasteiger partial charge in [0.15, 0.2) is 0 Å². The quantitative estimate of drug-likeness (QED) is 0.830. The van der Waals surface area contributed by atoms with E-state index in [0.717, 1.165) is 16.5 Å². The summed E-state index contributed by atoms with van der Waals surface area (Å²) in [6.45, 7) is 1.96. The van der Waals surface area contributed by atoms with Gasteiger partial charge >= 0.3 is 0 Å². The molecule has 2 rings (SSSR count). The smallest absolute Gasteiger partial charge is 0.252 e. The molecule has 0 spiro atoms. The van der Waals surface area contributed by atoms with E-state index in [1.807, 2.05) is 13.0 Å². The topological polar surface area (TPSA) is 65.2 Å². The number of pyridine rings is 1. The second-order valence-electron chi connectivity index (χ2n) is 3.56. The maximum absolute atomic E-state index is 11.3. The molecule has 0 fully saturated rings. The molecule has 0 aliphatic heterocycles. The molecule has 4 heteroatoms. The summed E-state index contributed by atoms with van der Waals surface area (Å²) in [4.78, 5) is 15.5. The van der Waals surface area contributed by atoms with Crippen LogP contribution in [0.25, 0.3) is 10.9 Å². The van der Waals surface area contributed by atoms with E-state index in [1.165, 1.54) is 7.11 Å². The molecule has 0 saturated carbocycles. The number of methoxy groups -OCH3 is 1. The largest absolute Gasteiger partial charge is 0.496 e. The third-order valence-electron chi connectivity index (χ3n) is 2.55. The Labute approximate surface area is 93.0 Å². The lowest BCUT2D eigenvalue weighted by Gasteiger charge is -2.08. The highest BCUT2D eigenvalue weighted by atomic mass is 16.5. The first-order chi connectivity index (χ1) is 7.63. The monoisotopic (exact) mass is 216 g/mol. The Morgan fingerprint density at radius 1 is 1.44 bits per heavy atom. The number of nitrogens with zero attached hydrogens (tertiary/aromatic N) is 1. The lowest BCUT2D eigenvalue weighted by atomic mass is 10.1. The molecule has 82 valence electrons. The summed E-state index contributed by atoms with van der Waals surface area (Å²) in [6, 6.07) is 5.33. The fraction of sp³-hybridized carbons (Fsp3) is 0.167. The number of aryl methyl sites for hydroxylation is 1. The number of amides is 1. The number of hydrogen-bond acceptors (Lipinski definition) is 3. The molecule has 16 heavy (non-hydrogen) atoms. The molecule has 2 N–H and O–H groups in total. The minimum absolute atomic E-state index is 0.381. The van der Waals surface area contributed by atoms with Gasteiger partial charge in [-0.3, -0.25) is 9.78 Å². The number of benzene rings is 1. The van der Waals surface area contributed by atoms with Crippen molar-refractivity contribution in [3.05, 3.63) is 35.5 Å². The Morgan fingerprint density at radius 3 is 2.81 bits per heavy atom. The lowest BCUT2D eigenvalue weighted by Crippen LogP contribution is -2.12. The average molecular weight is 216 g/mol. The summed E-state index contributed by atoms with van der Waals surface area (Å²) < 4.78 is 5.11.